The zero-order valence-electron chi connectivity index (χ0n) is 16.0. The van der Waals surface area contributed by atoms with Gasteiger partial charge in [-0.25, -0.2) is 4.79 Å². The Morgan fingerprint density at radius 1 is 0.846 bits per heavy atom. The molecule has 0 aromatic heterocycles. The largest absolute Gasteiger partial charge is 0.513 e. The minimum atomic E-state index is -0.619. The standard InChI is InChI=1S/C23H30O3/c1-3-5-13-20-14-10-16-22(21(20)15-6-4-2)26-23(24)25-18-17-19-11-8-7-9-12-19/h7-12,14,16H,3-6,13,15,17-18H2,1-2H3. The summed E-state index contributed by atoms with van der Waals surface area (Å²) in [7, 11) is 0. The van der Waals surface area contributed by atoms with Gasteiger partial charge in [-0.15, -0.1) is 0 Å². The lowest BCUT2D eigenvalue weighted by atomic mass is 9.97. The van der Waals surface area contributed by atoms with E-state index < -0.39 is 6.16 Å². The highest BCUT2D eigenvalue weighted by Gasteiger charge is 2.13. The van der Waals surface area contributed by atoms with E-state index in [2.05, 4.69) is 19.9 Å². The average molecular weight is 354 g/mol. The first-order valence-corrected chi connectivity index (χ1v) is 9.73. The zero-order chi connectivity index (χ0) is 18.6. The molecule has 0 aliphatic rings. The summed E-state index contributed by atoms with van der Waals surface area (Å²) in [6.07, 6.45) is 6.52. The number of unbranched alkanes of at least 4 members (excludes halogenated alkanes) is 2. The second-order valence-electron chi connectivity index (χ2n) is 6.54. The van der Waals surface area contributed by atoms with Crippen molar-refractivity contribution in [2.75, 3.05) is 6.61 Å². The number of hydrogen-bond acceptors (Lipinski definition) is 3. The van der Waals surface area contributed by atoms with Gasteiger partial charge in [-0.2, -0.15) is 0 Å². The van der Waals surface area contributed by atoms with E-state index in [1.807, 2.05) is 42.5 Å². The summed E-state index contributed by atoms with van der Waals surface area (Å²) in [5, 5.41) is 0. The van der Waals surface area contributed by atoms with Crippen LogP contribution in [-0.2, 0) is 24.0 Å². The van der Waals surface area contributed by atoms with Crippen LogP contribution in [0.1, 0.15) is 56.2 Å². The van der Waals surface area contributed by atoms with Gasteiger partial charge < -0.3 is 9.47 Å². The van der Waals surface area contributed by atoms with E-state index in [1.54, 1.807) is 0 Å². The van der Waals surface area contributed by atoms with E-state index in [-0.39, 0.29) is 0 Å². The molecule has 0 heterocycles. The predicted molar refractivity (Wildman–Crippen MR) is 106 cm³/mol. The van der Waals surface area contributed by atoms with Gasteiger partial charge in [0, 0.05) is 6.42 Å². The van der Waals surface area contributed by atoms with Crippen LogP contribution in [0.3, 0.4) is 0 Å². The Morgan fingerprint density at radius 2 is 1.58 bits per heavy atom. The van der Waals surface area contributed by atoms with Crippen LogP contribution in [0, 0.1) is 0 Å². The van der Waals surface area contributed by atoms with Crippen molar-refractivity contribution in [3.8, 4) is 5.75 Å². The van der Waals surface area contributed by atoms with Crippen molar-refractivity contribution in [3.05, 3.63) is 65.2 Å². The van der Waals surface area contributed by atoms with Crippen LogP contribution in [0.15, 0.2) is 48.5 Å². The van der Waals surface area contributed by atoms with Crippen molar-refractivity contribution in [2.45, 2.75) is 58.8 Å². The molecule has 0 aliphatic carbocycles. The molecule has 0 atom stereocenters. The second-order valence-corrected chi connectivity index (χ2v) is 6.54. The fraction of sp³-hybridized carbons (Fsp3) is 0.435. The number of carbonyl (C=O) groups excluding carboxylic acids is 1. The van der Waals surface area contributed by atoms with E-state index in [0.29, 0.717) is 18.8 Å². The Kier molecular flexibility index (Phi) is 8.74. The number of hydrogen-bond donors (Lipinski definition) is 0. The number of ether oxygens (including phenoxy) is 2. The van der Waals surface area contributed by atoms with Crippen molar-refractivity contribution in [1.29, 1.82) is 0 Å². The van der Waals surface area contributed by atoms with Crippen LogP contribution in [0.4, 0.5) is 4.79 Å². The van der Waals surface area contributed by atoms with E-state index in [0.717, 1.165) is 49.7 Å². The summed E-state index contributed by atoms with van der Waals surface area (Å²) >= 11 is 0. The molecule has 0 fully saturated rings. The molecule has 3 nitrogen and oxygen atoms in total. The Bertz CT molecular complexity index is 664. The molecule has 0 saturated heterocycles. The minimum absolute atomic E-state index is 0.322. The van der Waals surface area contributed by atoms with E-state index in [4.69, 9.17) is 9.47 Å². The molecule has 2 aromatic carbocycles. The van der Waals surface area contributed by atoms with Crippen molar-refractivity contribution in [3.63, 3.8) is 0 Å². The molecule has 0 amide bonds. The lowest BCUT2D eigenvalue weighted by Gasteiger charge is -2.14. The van der Waals surface area contributed by atoms with Crippen molar-refractivity contribution >= 4 is 6.16 Å². The van der Waals surface area contributed by atoms with Gasteiger partial charge in [0.15, 0.2) is 0 Å². The topological polar surface area (TPSA) is 35.5 Å². The maximum atomic E-state index is 12.1. The molecule has 26 heavy (non-hydrogen) atoms. The maximum Gasteiger partial charge on any atom is 0.513 e. The Balaban J connectivity index is 1.96. The first-order valence-electron chi connectivity index (χ1n) is 9.73. The quantitative estimate of drug-likeness (QED) is 0.380. The SMILES string of the molecule is CCCCc1cccc(OC(=O)OCCc2ccccc2)c1CCCC. The summed E-state index contributed by atoms with van der Waals surface area (Å²) in [5.74, 6) is 0.650. The Hall–Kier alpha value is -2.29. The Labute approximate surface area is 157 Å². The summed E-state index contributed by atoms with van der Waals surface area (Å²) in [6, 6.07) is 16.0. The van der Waals surface area contributed by atoms with Gasteiger partial charge >= 0.3 is 6.16 Å². The molecular weight excluding hydrogens is 324 g/mol. The number of carbonyl (C=O) groups is 1. The third-order valence-corrected chi connectivity index (χ3v) is 4.46. The van der Waals surface area contributed by atoms with Crippen LogP contribution < -0.4 is 4.74 Å². The van der Waals surface area contributed by atoms with Crippen LogP contribution >= 0.6 is 0 Å². The number of benzene rings is 2. The molecule has 0 unspecified atom stereocenters. The monoisotopic (exact) mass is 354 g/mol. The van der Waals surface area contributed by atoms with Gasteiger partial charge in [0.2, 0.25) is 0 Å². The highest BCUT2D eigenvalue weighted by atomic mass is 16.7. The fourth-order valence-corrected chi connectivity index (χ4v) is 2.96. The van der Waals surface area contributed by atoms with Gasteiger partial charge in [0.1, 0.15) is 5.75 Å². The fourth-order valence-electron chi connectivity index (χ4n) is 2.96. The van der Waals surface area contributed by atoms with Gasteiger partial charge in [-0.1, -0.05) is 69.2 Å². The summed E-state index contributed by atoms with van der Waals surface area (Å²) in [6.45, 7) is 4.69. The minimum Gasteiger partial charge on any atom is -0.434 e. The smallest absolute Gasteiger partial charge is 0.434 e. The second kappa shape index (κ2) is 11.3. The van der Waals surface area contributed by atoms with Crippen LogP contribution in [0.5, 0.6) is 5.75 Å². The van der Waals surface area contributed by atoms with E-state index >= 15 is 0 Å². The lowest BCUT2D eigenvalue weighted by Crippen LogP contribution is -2.14. The van der Waals surface area contributed by atoms with Gasteiger partial charge in [-0.3, -0.25) is 0 Å². The average Bonchev–Trinajstić information content (AvgIpc) is 2.66. The number of aryl methyl sites for hydroxylation is 1. The van der Waals surface area contributed by atoms with Gasteiger partial charge in [-0.05, 0) is 48.4 Å². The first-order chi connectivity index (χ1) is 12.7. The summed E-state index contributed by atoms with van der Waals surface area (Å²) < 4.78 is 10.8. The Morgan fingerprint density at radius 3 is 2.31 bits per heavy atom. The first kappa shape index (κ1) is 20.0. The summed E-state index contributed by atoms with van der Waals surface area (Å²) in [5.41, 5.74) is 3.59. The van der Waals surface area contributed by atoms with Crippen molar-refractivity contribution in [2.24, 2.45) is 0 Å². The molecule has 2 rings (SSSR count). The highest BCUT2D eigenvalue weighted by molar-refractivity contribution is 5.65. The molecule has 3 heteroatoms. The van der Waals surface area contributed by atoms with Crippen LogP contribution in [-0.4, -0.2) is 12.8 Å². The van der Waals surface area contributed by atoms with Crippen molar-refractivity contribution in [1.82, 2.24) is 0 Å². The lowest BCUT2D eigenvalue weighted by molar-refractivity contribution is 0.0997. The molecule has 2 aromatic rings. The molecule has 0 bridgehead atoms. The highest BCUT2D eigenvalue weighted by Crippen LogP contribution is 2.26. The maximum absolute atomic E-state index is 12.1. The van der Waals surface area contributed by atoms with Gasteiger partial charge in [0.25, 0.3) is 0 Å². The predicted octanol–water partition coefficient (Wildman–Crippen LogP) is 6.13. The molecule has 0 N–H and O–H groups in total. The van der Waals surface area contributed by atoms with Gasteiger partial charge in [0.05, 0.1) is 6.61 Å². The van der Waals surface area contributed by atoms with E-state index in [9.17, 15) is 4.79 Å². The third-order valence-electron chi connectivity index (χ3n) is 4.46. The number of rotatable bonds is 10. The molecule has 0 spiro atoms. The zero-order valence-corrected chi connectivity index (χ0v) is 16.0. The molecule has 140 valence electrons. The van der Waals surface area contributed by atoms with Crippen LogP contribution in [0.25, 0.3) is 0 Å². The van der Waals surface area contributed by atoms with Crippen LogP contribution in [0.2, 0.25) is 0 Å². The molecule has 0 radical (unpaired) electrons. The van der Waals surface area contributed by atoms with Crippen molar-refractivity contribution < 1.29 is 14.3 Å². The normalized spacial score (nSPS) is 10.5. The molecular formula is C23H30O3. The van der Waals surface area contributed by atoms with E-state index in [1.165, 1.54) is 5.56 Å². The molecule has 0 aliphatic heterocycles. The third kappa shape index (κ3) is 6.55. The molecule has 0 saturated carbocycles. The summed E-state index contributed by atoms with van der Waals surface area (Å²) in [4.78, 5) is 12.1.